The molecule has 0 amide bonds. The van der Waals surface area contributed by atoms with Crippen LogP contribution in [0.3, 0.4) is 0 Å². The third kappa shape index (κ3) is 5.62. The van der Waals surface area contributed by atoms with Gasteiger partial charge in [-0.3, -0.25) is 9.36 Å². The summed E-state index contributed by atoms with van der Waals surface area (Å²) in [4.78, 5) is 32.9. The standard InChI is InChI=1S/C34H29BrClN3O5S/c1-5-44-33(41)30-19(2)37-34-39(31(30)23-15-27(42-3)28(43-4)16-24(23)35)32(40)29(45-34)14-21-18-38(26-13-9-7-11-22(21)26)17-20-10-6-8-12-25(20)36/h6-16,18,31H,5,17H2,1-4H3/b29-14-/t31-/m0/s1. The molecule has 45 heavy (non-hydrogen) atoms. The fourth-order valence-electron chi connectivity index (χ4n) is 5.64. The van der Waals surface area contributed by atoms with Crippen molar-refractivity contribution >= 4 is 61.8 Å². The van der Waals surface area contributed by atoms with E-state index in [-0.39, 0.29) is 17.7 Å². The lowest BCUT2D eigenvalue weighted by molar-refractivity contribution is -0.139. The van der Waals surface area contributed by atoms with Crippen LogP contribution in [-0.2, 0) is 16.1 Å². The van der Waals surface area contributed by atoms with E-state index in [1.807, 2.05) is 54.7 Å². The maximum Gasteiger partial charge on any atom is 0.338 e. The zero-order chi connectivity index (χ0) is 31.8. The van der Waals surface area contributed by atoms with Gasteiger partial charge in [0.25, 0.3) is 5.56 Å². The number of esters is 1. The van der Waals surface area contributed by atoms with E-state index in [1.165, 1.54) is 18.4 Å². The number of methoxy groups -OCH3 is 2. The molecule has 11 heteroatoms. The normalized spacial score (nSPS) is 14.8. The zero-order valence-corrected chi connectivity index (χ0v) is 28.1. The topological polar surface area (TPSA) is 84.1 Å². The summed E-state index contributed by atoms with van der Waals surface area (Å²) < 4.78 is 21.3. The number of hydrogen-bond acceptors (Lipinski definition) is 7. The number of carbonyl (C=O) groups excluding carboxylic acids is 1. The molecule has 6 rings (SSSR count). The van der Waals surface area contributed by atoms with E-state index in [0.29, 0.717) is 48.1 Å². The van der Waals surface area contributed by atoms with Crippen LogP contribution in [0.25, 0.3) is 17.0 Å². The van der Waals surface area contributed by atoms with Gasteiger partial charge in [0, 0.05) is 38.7 Å². The quantitative estimate of drug-likeness (QED) is 0.179. The largest absolute Gasteiger partial charge is 0.493 e. The highest BCUT2D eigenvalue weighted by molar-refractivity contribution is 9.10. The van der Waals surface area contributed by atoms with Crippen molar-refractivity contribution in [3.63, 3.8) is 0 Å². The van der Waals surface area contributed by atoms with Crippen LogP contribution in [0.2, 0.25) is 5.02 Å². The number of halogens is 2. The van der Waals surface area contributed by atoms with E-state index >= 15 is 0 Å². The molecule has 0 saturated heterocycles. The first-order valence-corrected chi connectivity index (χ1v) is 16.2. The van der Waals surface area contributed by atoms with Crippen LogP contribution >= 0.6 is 38.9 Å². The van der Waals surface area contributed by atoms with E-state index in [9.17, 15) is 9.59 Å². The van der Waals surface area contributed by atoms with E-state index in [0.717, 1.165) is 22.0 Å². The van der Waals surface area contributed by atoms with Gasteiger partial charge in [0.05, 0.1) is 42.7 Å². The minimum atomic E-state index is -0.821. The Labute approximate surface area is 276 Å². The van der Waals surface area contributed by atoms with Crippen LogP contribution in [0.15, 0.2) is 92.4 Å². The maximum absolute atomic E-state index is 14.3. The molecular weight excluding hydrogens is 678 g/mol. The summed E-state index contributed by atoms with van der Waals surface area (Å²) in [7, 11) is 3.09. The monoisotopic (exact) mass is 705 g/mol. The Kier molecular flexibility index (Phi) is 8.72. The van der Waals surface area contributed by atoms with Crippen molar-refractivity contribution in [3.8, 4) is 11.5 Å². The van der Waals surface area contributed by atoms with E-state index < -0.39 is 12.0 Å². The van der Waals surface area contributed by atoms with Gasteiger partial charge in [-0.25, -0.2) is 9.79 Å². The molecule has 230 valence electrons. The molecule has 3 heterocycles. The minimum Gasteiger partial charge on any atom is -0.493 e. The molecule has 0 fully saturated rings. The predicted octanol–water partition coefficient (Wildman–Crippen LogP) is 6.23. The zero-order valence-electron chi connectivity index (χ0n) is 25.0. The van der Waals surface area contributed by atoms with Crippen LogP contribution in [0.5, 0.6) is 11.5 Å². The summed E-state index contributed by atoms with van der Waals surface area (Å²) in [6, 6.07) is 18.5. The molecule has 0 unspecified atom stereocenters. The van der Waals surface area contributed by atoms with Gasteiger partial charge in [-0.05, 0) is 55.3 Å². The SMILES string of the molecule is CCOC(=O)C1=C(C)N=c2s/c(=C\c3cn(Cc4ccccc4Cl)c4ccccc34)c(=O)n2[C@H]1c1cc(OC)c(OC)cc1Br. The van der Waals surface area contributed by atoms with Gasteiger partial charge in [0.15, 0.2) is 16.3 Å². The van der Waals surface area contributed by atoms with Crippen LogP contribution in [0.1, 0.15) is 36.6 Å². The Morgan fingerprint density at radius 2 is 1.80 bits per heavy atom. The molecule has 1 aliphatic rings. The molecule has 0 N–H and O–H groups in total. The van der Waals surface area contributed by atoms with Gasteiger partial charge in [-0.15, -0.1) is 0 Å². The van der Waals surface area contributed by atoms with Crippen LogP contribution < -0.4 is 24.4 Å². The summed E-state index contributed by atoms with van der Waals surface area (Å²) >= 11 is 11.4. The molecule has 0 saturated carbocycles. The van der Waals surface area contributed by atoms with Crippen molar-refractivity contribution in [1.29, 1.82) is 0 Å². The number of hydrogen-bond donors (Lipinski definition) is 0. The molecule has 5 aromatic rings. The van der Waals surface area contributed by atoms with Crippen molar-refractivity contribution in [2.75, 3.05) is 20.8 Å². The molecule has 2 aromatic heterocycles. The lowest BCUT2D eigenvalue weighted by atomic mass is 9.95. The lowest BCUT2D eigenvalue weighted by Gasteiger charge is -2.26. The Morgan fingerprint density at radius 1 is 1.09 bits per heavy atom. The van der Waals surface area contributed by atoms with Crippen molar-refractivity contribution in [3.05, 3.63) is 124 Å². The average molecular weight is 707 g/mol. The first-order valence-electron chi connectivity index (χ1n) is 14.2. The number of thiazole rings is 1. The summed E-state index contributed by atoms with van der Waals surface area (Å²) in [5.74, 6) is 0.427. The fraction of sp³-hybridized carbons (Fsp3) is 0.206. The van der Waals surface area contributed by atoms with Gasteiger partial charge < -0.3 is 18.8 Å². The molecule has 0 bridgehead atoms. The van der Waals surface area contributed by atoms with Crippen LogP contribution in [-0.4, -0.2) is 35.9 Å². The Morgan fingerprint density at radius 3 is 2.53 bits per heavy atom. The van der Waals surface area contributed by atoms with E-state index in [4.69, 9.17) is 30.8 Å². The van der Waals surface area contributed by atoms with Gasteiger partial charge in [-0.1, -0.05) is 75.3 Å². The number of ether oxygens (including phenoxy) is 3. The predicted molar refractivity (Wildman–Crippen MR) is 180 cm³/mol. The summed E-state index contributed by atoms with van der Waals surface area (Å²) in [5, 5.41) is 1.69. The highest BCUT2D eigenvalue weighted by atomic mass is 79.9. The molecule has 8 nitrogen and oxygen atoms in total. The smallest absolute Gasteiger partial charge is 0.338 e. The Hall–Kier alpha value is -4.12. The number of para-hydroxylation sites is 1. The van der Waals surface area contributed by atoms with Gasteiger partial charge in [0.1, 0.15) is 0 Å². The molecule has 0 spiro atoms. The van der Waals surface area contributed by atoms with Crippen molar-refractivity contribution in [1.82, 2.24) is 9.13 Å². The first-order chi connectivity index (χ1) is 21.7. The summed E-state index contributed by atoms with van der Waals surface area (Å²) in [6.45, 7) is 4.25. The lowest BCUT2D eigenvalue weighted by Crippen LogP contribution is -2.40. The van der Waals surface area contributed by atoms with Crippen LogP contribution in [0.4, 0.5) is 0 Å². The Bertz CT molecular complexity index is 2180. The van der Waals surface area contributed by atoms with Crippen molar-refractivity contribution < 1.29 is 19.0 Å². The van der Waals surface area contributed by atoms with Crippen molar-refractivity contribution in [2.24, 2.45) is 4.99 Å². The number of nitrogens with zero attached hydrogens (tertiary/aromatic N) is 3. The summed E-state index contributed by atoms with van der Waals surface area (Å²) in [6.07, 6.45) is 3.92. The number of aromatic nitrogens is 2. The number of allylic oxidation sites excluding steroid dienone is 1. The highest BCUT2D eigenvalue weighted by Gasteiger charge is 2.35. The van der Waals surface area contributed by atoms with Gasteiger partial charge in [0.2, 0.25) is 0 Å². The summed E-state index contributed by atoms with van der Waals surface area (Å²) in [5.41, 5.74) is 4.01. The minimum absolute atomic E-state index is 0.179. The number of carbonyl (C=O) groups is 1. The second-order valence-electron chi connectivity index (χ2n) is 10.4. The number of rotatable bonds is 8. The average Bonchev–Trinajstić information content (AvgIpc) is 3.53. The first kappa shape index (κ1) is 30.9. The highest BCUT2D eigenvalue weighted by Crippen LogP contribution is 2.41. The van der Waals surface area contributed by atoms with Gasteiger partial charge in [-0.2, -0.15) is 0 Å². The number of benzene rings is 3. The number of fused-ring (bicyclic) bond motifs is 2. The molecular formula is C34H29BrClN3O5S. The fourth-order valence-corrected chi connectivity index (χ4v) is 7.41. The van der Waals surface area contributed by atoms with Crippen LogP contribution in [0, 0.1) is 0 Å². The van der Waals surface area contributed by atoms with E-state index in [1.54, 1.807) is 37.7 Å². The third-order valence-electron chi connectivity index (χ3n) is 7.72. The second kappa shape index (κ2) is 12.7. The van der Waals surface area contributed by atoms with Crippen molar-refractivity contribution in [2.45, 2.75) is 26.4 Å². The molecule has 0 radical (unpaired) electrons. The maximum atomic E-state index is 14.3. The molecule has 0 aliphatic carbocycles. The molecule has 1 aliphatic heterocycles. The van der Waals surface area contributed by atoms with Gasteiger partial charge >= 0.3 is 5.97 Å². The second-order valence-corrected chi connectivity index (χ2v) is 12.6. The van der Waals surface area contributed by atoms with E-state index in [2.05, 4.69) is 26.6 Å². The Balaban J connectivity index is 1.55. The third-order valence-corrected chi connectivity index (χ3v) is 9.76. The molecule has 1 atom stereocenters. The molecule has 3 aromatic carbocycles.